The largest absolute Gasteiger partial charge is 0.544 e. The first-order valence-electron chi connectivity index (χ1n) is 4.04. The second-order valence-electron chi connectivity index (χ2n) is 3.44. The molecule has 0 rings (SSSR count). The van der Waals surface area contributed by atoms with Gasteiger partial charge in [-0.25, -0.2) is 0 Å². The Labute approximate surface area is 76.0 Å². The van der Waals surface area contributed by atoms with Crippen molar-refractivity contribution in [2.75, 3.05) is 7.11 Å². The first kappa shape index (κ1) is 11.3. The predicted molar refractivity (Wildman–Crippen MR) is 54.3 cm³/mol. The summed E-state index contributed by atoms with van der Waals surface area (Å²) in [6.07, 6.45) is 5.39. The summed E-state index contributed by atoms with van der Waals surface area (Å²) < 4.78 is 10.5. The van der Waals surface area contributed by atoms with E-state index in [1.807, 2.05) is 19.1 Å². The van der Waals surface area contributed by atoms with Gasteiger partial charge in [0.1, 0.15) is 5.76 Å². The molecule has 0 bridgehead atoms. The molecule has 2 nitrogen and oxygen atoms in total. The fourth-order valence-corrected chi connectivity index (χ4v) is 1.57. The minimum absolute atomic E-state index is 0.885. The summed E-state index contributed by atoms with van der Waals surface area (Å²) in [5.74, 6) is 0.885. The van der Waals surface area contributed by atoms with Crippen LogP contribution in [0.15, 0.2) is 24.2 Å². The molecule has 0 aromatic heterocycles. The van der Waals surface area contributed by atoms with Gasteiger partial charge in [-0.15, -0.1) is 0 Å². The van der Waals surface area contributed by atoms with Crippen molar-refractivity contribution in [3.63, 3.8) is 0 Å². The Bertz CT molecular complexity index is 177. The normalized spacial score (nSPS) is 13.6. The van der Waals surface area contributed by atoms with Gasteiger partial charge in [-0.2, -0.15) is 0 Å². The standard InChI is InChI=1S/C9H18O2Si/c1-6-9(7-8-10-2)11-12(3,4)5/h6-8H,1-5H3/b8-7+,9-6-. The van der Waals surface area contributed by atoms with Crippen LogP contribution in [0.2, 0.25) is 19.6 Å². The number of hydrogen-bond acceptors (Lipinski definition) is 2. The first-order chi connectivity index (χ1) is 5.49. The summed E-state index contributed by atoms with van der Waals surface area (Å²) in [5, 5.41) is 0. The Morgan fingerprint density at radius 2 is 1.83 bits per heavy atom. The van der Waals surface area contributed by atoms with Crippen LogP contribution in [-0.4, -0.2) is 15.4 Å². The average Bonchev–Trinajstić information content (AvgIpc) is 1.95. The fraction of sp³-hybridized carbons (Fsp3) is 0.556. The van der Waals surface area contributed by atoms with Crippen molar-refractivity contribution < 1.29 is 9.16 Å². The number of ether oxygens (including phenoxy) is 1. The van der Waals surface area contributed by atoms with Crippen LogP contribution in [0.1, 0.15) is 6.92 Å². The van der Waals surface area contributed by atoms with Gasteiger partial charge in [-0.3, -0.25) is 0 Å². The smallest absolute Gasteiger partial charge is 0.242 e. The molecule has 0 amide bonds. The maximum absolute atomic E-state index is 5.72. The molecule has 0 saturated heterocycles. The molecule has 0 aromatic carbocycles. The van der Waals surface area contributed by atoms with E-state index in [1.54, 1.807) is 13.4 Å². The van der Waals surface area contributed by atoms with Crippen LogP contribution < -0.4 is 0 Å². The average molecular weight is 186 g/mol. The predicted octanol–water partition coefficient (Wildman–Crippen LogP) is 2.90. The number of allylic oxidation sites excluding steroid dienone is 2. The minimum Gasteiger partial charge on any atom is -0.544 e. The lowest BCUT2D eigenvalue weighted by atomic mass is 10.4. The van der Waals surface area contributed by atoms with Crippen LogP contribution in [0, 0.1) is 0 Å². The van der Waals surface area contributed by atoms with Crippen molar-refractivity contribution in [3.05, 3.63) is 24.2 Å². The van der Waals surface area contributed by atoms with Crippen molar-refractivity contribution in [1.82, 2.24) is 0 Å². The van der Waals surface area contributed by atoms with E-state index in [4.69, 9.17) is 9.16 Å². The highest BCUT2D eigenvalue weighted by Gasteiger charge is 2.15. The fourth-order valence-electron chi connectivity index (χ4n) is 0.678. The Balaban J connectivity index is 4.12. The van der Waals surface area contributed by atoms with Crippen molar-refractivity contribution in [3.8, 4) is 0 Å². The Morgan fingerprint density at radius 1 is 1.25 bits per heavy atom. The number of hydrogen-bond donors (Lipinski definition) is 0. The van der Waals surface area contributed by atoms with E-state index in [0.29, 0.717) is 0 Å². The number of rotatable bonds is 4. The lowest BCUT2D eigenvalue weighted by Crippen LogP contribution is -2.24. The van der Waals surface area contributed by atoms with E-state index in [2.05, 4.69) is 19.6 Å². The molecule has 0 aliphatic rings. The summed E-state index contributed by atoms with van der Waals surface area (Å²) in [6, 6.07) is 0. The van der Waals surface area contributed by atoms with Gasteiger partial charge < -0.3 is 9.16 Å². The molecule has 0 N–H and O–H groups in total. The zero-order chi connectivity index (χ0) is 9.61. The van der Waals surface area contributed by atoms with Gasteiger partial charge in [0.05, 0.1) is 13.4 Å². The van der Waals surface area contributed by atoms with E-state index in [0.717, 1.165) is 5.76 Å². The molecule has 0 radical (unpaired) electrons. The molecular weight excluding hydrogens is 168 g/mol. The maximum atomic E-state index is 5.72. The zero-order valence-electron chi connectivity index (χ0n) is 8.55. The Hall–Kier alpha value is -0.703. The van der Waals surface area contributed by atoms with E-state index in [9.17, 15) is 0 Å². The zero-order valence-corrected chi connectivity index (χ0v) is 9.55. The molecule has 70 valence electrons. The van der Waals surface area contributed by atoms with E-state index in [-0.39, 0.29) is 0 Å². The van der Waals surface area contributed by atoms with Crippen LogP contribution in [0.4, 0.5) is 0 Å². The highest BCUT2D eigenvalue weighted by molar-refractivity contribution is 6.70. The number of methoxy groups -OCH3 is 1. The molecular formula is C9H18O2Si. The van der Waals surface area contributed by atoms with Crippen molar-refractivity contribution in [1.29, 1.82) is 0 Å². The molecule has 0 spiro atoms. The van der Waals surface area contributed by atoms with Gasteiger partial charge in [0.25, 0.3) is 0 Å². The first-order valence-corrected chi connectivity index (χ1v) is 7.45. The highest BCUT2D eigenvalue weighted by atomic mass is 28.4. The SMILES string of the molecule is C/C=C(/C=C/OC)O[Si](C)(C)C. The molecule has 0 fully saturated rings. The lowest BCUT2D eigenvalue weighted by molar-refractivity contribution is 0.334. The molecule has 0 heterocycles. The van der Waals surface area contributed by atoms with Gasteiger partial charge in [-0.1, -0.05) is 0 Å². The molecule has 12 heavy (non-hydrogen) atoms. The molecule has 0 aliphatic carbocycles. The van der Waals surface area contributed by atoms with Gasteiger partial charge in [0, 0.05) is 6.08 Å². The maximum Gasteiger partial charge on any atom is 0.242 e. The summed E-state index contributed by atoms with van der Waals surface area (Å²) in [7, 11) is 0.157. The van der Waals surface area contributed by atoms with E-state index >= 15 is 0 Å². The lowest BCUT2D eigenvalue weighted by Gasteiger charge is -2.19. The molecule has 0 unspecified atom stereocenters. The summed E-state index contributed by atoms with van der Waals surface area (Å²) >= 11 is 0. The third-order valence-electron chi connectivity index (χ3n) is 1.08. The van der Waals surface area contributed by atoms with E-state index in [1.165, 1.54) is 0 Å². The summed E-state index contributed by atoms with van der Waals surface area (Å²) in [6.45, 7) is 8.40. The minimum atomic E-state index is -1.47. The van der Waals surface area contributed by atoms with Gasteiger partial charge >= 0.3 is 0 Å². The summed E-state index contributed by atoms with van der Waals surface area (Å²) in [5.41, 5.74) is 0. The van der Waals surface area contributed by atoms with Gasteiger partial charge in [-0.05, 0) is 32.6 Å². The molecule has 0 saturated carbocycles. The van der Waals surface area contributed by atoms with Crippen LogP contribution in [0.5, 0.6) is 0 Å². The van der Waals surface area contributed by atoms with Crippen LogP contribution >= 0.6 is 0 Å². The van der Waals surface area contributed by atoms with Gasteiger partial charge in [0.15, 0.2) is 0 Å². The quantitative estimate of drug-likeness (QED) is 0.382. The van der Waals surface area contributed by atoms with E-state index < -0.39 is 8.32 Å². The topological polar surface area (TPSA) is 18.5 Å². The third-order valence-corrected chi connectivity index (χ3v) is 1.93. The molecule has 3 heteroatoms. The monoisotopic (exact) mass is 186 g/mol. The second-order valence-corrected chi connectivity index (χ2v) is 7.87. The van der Waals surface area contributed by atoms with Gasteiger partial charge in [0.2, 0.25) is 8.32 Å². The van der Waals surface area contributed by atoms with Crippen LogP contribution in [0.3, 0.4) is 0 Å². The van der Waals surface area contributed by atoms with Crippen LogP contribution in [-0.2, 0) is 9.16 Å². The second kappa shape index (κ2) is 5.03. The third kappa shape index (κ3) is 6.04. The van der Waals surface area contributed by atoms with Crippen molar-refractivity contribution in [2.24, 2.45) is 0 Å². The van der Waals surface area contributed by atoms with Crippen molar-refractivity contribution in [2.45, 2.75) is 26.6 Å². The highest BCUT2D eigenvalue weighted by Crippen LogP contribution is 2.10. The Kier molecular flexibility index (Phi) is 4.74. The summed E-state index contributed by atoms with van der Waals surface area (Å²) in [4.78, 5) is 0. The molecule has 0 atom stereocenters. The molecule has 0 aromatic rings. The van der Waals surface area contributed by atoms with Crippen LogP contribution in [0.25, 0.3) is 0 Å². The Morgan fingerprint density at radius 3 is 2.17 bits per heavy atom. The molecule has 0 aliphatic heterocycles. The van der Waals surface area contributed by atoms with Crippen molar-refractivity contribution >= 4 is 8.32 Å².